The molecule has 2 aromatic rings. The van der Waals surface area contributed by atoms with Gasteiger partial charge in [-0.05, 0) is 38.3 Å². The zero-order chi connectivity index (χ0) is 27.3. The van der Waals surface area contributed by atoms with Crippen LogP contribution in [0.5, 0.6) is 0 Å². The van der Waals surface area contributed by atoms with Crippen molar-refractivity contribution in [3.63, 3.8) is 0 Å². The minimum absolute atomic E-state index is 0.0570. The van der Waals surface area contributed by atoms with Gasteiger partial charge in [-0.25, -0.2) is 4.79 Å². The summed E-state index contributed by atoms with van der Waals surface area (Å²) in [6.07, 6.45) is -0.319. The van der Waals surface area contributed by atoms with Crippen LogP contribution in [0.1, 0.15) is 38.3 Å². The van der Waals surface area contributed by atoms with Gasteiger partial charge in [0.25, 0.3) is 0 Å². The maximum absolute atomic E-state index is 13.2. The molecule has 0 saturated heterocycles. The fraction of sp³-hybridized carbons (Fsp3) is 0.407. The average Bonchev–Trinajstić information content (AvgIpc) is 2.86. The number of ether oxygens (including phenoxy) is 1. The highest BCUT2D eigenvalue weighted by Gasteiger charge is 2.27. The maximum atomic E-state index is 13.2. The number of nitrogens with one attached hydrogen (secondary N) is 4. The van der Waals surface area contributed by atoms with Crippen LogP contribution in [0.4, 0.5) is 4.79 Å². The van der Waals surface area contributed by atoms with Crippen molar-refractivity contribution < 1.29 is 23.9 Å². The third-order valence-electron chi connectivity index (χ3n) is 5.16. The van der Waals surface area contributed by atoms with Crippen molar-refractivity contribution in [2.75, 3.05) is 13.1 Å². The van der Waals surface area contributed by atoms with Crippen LogP contribution < -0.4 is 27.0 Å². The highest BCUT2D eigenvalue weighted by atomic mass is 16.6. The molecule has 0 aliphatic heterocycles. The van der Waals surface area contributed by atoms with Gasteiger partial charge in [0.1, 0.15) is 17.7 Å². The second-order valence-electron chi connectivity index (χ2n) is 9.50. The van der Waals surface area contributed by atoms with Crippen molar-refractivity contribution in [2.24, 2.45) is 5.73 Å². The Morgan fingerprint density at radius 3 is 1.97 bits per heavy atom. The fourth-order valence-electron chi connectivity index (χ4n) is 3.39. The fourth-order valence-corrected chi connectivity index (χ4v) is 3.39. The minimum atomic E-state index is -1.02. The van der Waals surface area contributed by atoms with Gasteiger partial charge in [-0.15, -0.1) is 0 Å². The van der Waals surface area contributed by atoms with Gasteiger partial charge < -0.3 is 31.7 Å². The van der Waals surface area contributed by atoms with E-state index in [0.29, 0.717) is 6.54 Å². The second kappa shape index (κ2) is 14.6. The number of rotatable bonds is 12. The lowest BCUT2D eigenvalue weighted by Gasteiger charge is -2.24. The summed E-state index contributed by atoms with van der Waals surface area (Å²) in [5.74, 6) is -1.47. The van der Waals surface area contributed by atoms with Crippen LogP contribution in [0.15, 0.2) is 60.7 Å². The van der Waals surface area contributed by atoms with Gasteiger partial charge in [-0.3, -0.25) is 14.4 Å². The summed E-state index contributed by atoms with van der Waals surface area (Å²) in [5, 5.41) is 10.7. The third kappa shape index (κ3) is 11.6. The van der Waals surface area contributed by atoms with Crippen LogP contribution >= 0.6 is 0 Å². The molecule has 2 rings (SSSR count). The number of carbonyl (C=O) groups excluding carboxylic acids is 4. The van der Waals surface area contributed by atoms with Gasteiger partial charge in [0.05, 0.1) is 6.54 Å². The van der Waals surface area contributed by atoms with Crippen LogP contribution in [0, 0.1) is 0 Å². The Morgan fingerprint density at radius 2 is 1.41 bits per heavy atom. The monoisotopic (exact) mass is 511 g/mol. The van der Waals surface area contributed by atoms with Gasteiger partial charge in [0.15, 0.2) is 0 Å². The first-order valence-corrected chi connectivity index (χ1v) is 12.2. The Hall–Kier alpha value is -3.92. The van der Waals surface area contributed by atoms with Crippen LogP contribution in [-0.4, -0.2) is 54.6 Å². The number of benzene rings is 2. The molecular formula is C27H37N5O5. The lowest BCUT2D eigenvalue weighted by molar-refractivity contribution is -0.132. The smallest absolute Gasteiger partial charge is 0.407 e. The van der Waals surface area contributed by atoms with Crippen molar-refractivity contribution in [1.82, 2.24) is 21.3 Å². The Balaban J connectivity index is 2.09. The molecule has 2 atom stereocenters. The van der Waals surface area contributed by atoms with E-state index in [1.54, 1.807) is 20.8 Å². The molecular weight excluding hydrogens is 474 g/mol. The van der Waals surface area contributed by atoms with Gasteiger partial charge in [0.2, 0.25) is 17.7 Å². The molecule has 0 aliphatic carbocycles. The van der Waals surface area contributed by atoms with Crippen LogP contribution in [0.3, 0.4) is 0 Å². The standard InChI is InChI=1S/C27H37N5O5/c1-27(2,3)37-26(36)29-15-14-21(31-23(33)17-28)25(35)32-22(16-19-10-6-4-7-11-19)24(34)30-18-20-12-8-5-9-13-20/h4-13,21-22H,14-18,28H2,1-3H3,(H,29,36)(H,30,34)(H,31,33)(H,32,35)/t21-,22-/m0/s1. The van der Waals surface area contributed by atoms with Gasteiger partial charge in [-0.1, -0.05) is 60.7 Å². The zero-order valence-corrected chi connectivity index (χ0v) is 21.6. The first-order valence-electron chi connectivity index (χ1n) is 12.2. The molecule has 2 aromatic carbocycles. The first-order chi connectivity index (χ1) is 17.6. The topological polar surface area (TPSA) is 152 Å². The van der Waals surface area contributed by atoms with Crippen molar-refractivity contribution in [1.29, 1.82) is 0 Å². The molecule has 0 fully saturated rings. The molecule has 0 radical (unpaired) electrons. The Kier molecular flexibility index (Phi) is 11.6. The van der Waals surface area contributed by atoms with Crippen LogP contribution in [0.25, 0.3) is 0 Å². The predicted octanol–water partition coefficient (Wildman–Crippen LogP) is 1.39. The van der Waals surface area contributed by atoms with Crippen molar-refractivity contribution in [3.05, 3.63) is 71.8 Å². The molecule has 200 valence electrons. The van der Waals surface area contributed by atoms with E-state index in [4.69, 9.17) is 10.5 Å². The molecule has 10 nitrogen and oxygen atoms in total. The lowest BCUT2D eigenvalue weighted by atomic mass is 10.0. The normalized spacial score (nSPS) is 12.5. The molecule has 37 heavy (non-hydrogen) atoms. The summed E-state index contributed by atoms with van der Waals surface area (Å²) >= 11 is 0. The lowest BCUT2D eigenvalue weighted by Crippen LogP contribution is -2.55. The zero-order valence-electron chi connectivity index (χ0n) is 21.6. The Morgan fingerprint density at radius 1 is 0.811 bits per heavy atom. The van der Waals surface area contributed by atoms with Crippen molar-refractivity contribution in [3.8, 4) is 0 Å². The molecule has 0 bridgehead atoms. The summed E-state index contributed by atoms with van der Waals surface area (Å²) in [6.45, 7) is 5.25. The van der Waals surface area contributed by atoms with E-state index in [-0.39, 0.29) is 31.8 Å². The van der Waals surface area contributed by atoms with Crippen molar-refractivity contribution >= 4 is 23.8 Å². The first kappa shape index (κ1) is 29.3. The van der Waals surface area contributed by atoms with E-state index >= 15 is 0 Å². The maximum Gasteiger partial charge on any atom is 0.407 e. The Bertz CT molecular complexity index is 1020. The summed E-state index contributed by atoms with van der Waals surface area (Å²) in [5.41, 5.74) is 6.52. The summed E-state index contributed by atoms with van der Waals surface area (Å²) in [4.78, 5) is 50.2. The molecule has 0 saturated carbocycles. The predicted molar refractivity (Wildman–Crippen MR) is 140 cm³/mol. The molecule has 0 spiro atoms. The number of hydrogen-bond donors (Lipinski definition) is 5. The molecule has 6 N–H and O–H groups in total. The summed E-state index contributed by atoms with van der Waals surface area (Å²) < 4.78 is 5.20. The van der Waals surface area contributed by atoms with Crippen LogP contribution in [0.2, 0.25) is 0 Å². The second-order valence-corrected chi connectivity index (χ2v) is 9.50. The number of nitrogens with two attached hydrogens (primary N) is 1. The van der Waals surface area contributed by atoms with Gasteiger partial charge in [0, 0.05) is 19.5 Å². The Labute approximate surface area is 217 Å². The van der Waals surface area contributed by atoms with E-state index < -0.39 is 35.6 Å². The summed E-state index contributed by atoms with van der Waals surface area (Å²) in [6, 6.07) is 16.8. The van der Waals surface area contributed by atoms with Gasteiger partial charge in [-0.2, -0.15) is 0 Å². The molecule has 0 aliphatic rings. The SMILES string of the molecule is CC(C)(C)OC(=O)NCC[C@H](NC(=O)CN)C(=O)N[C@@H](Cc1ccccc1)C(=O)NCc1ccccc1. The number of alkyl carbamates (subject to hydrolysis) is 1. The van der Waals surface area contributed by atoms with E-state index in [2.05, 4.69) is 21.3 Å². The molecule has 4 amide bonds. The third-order valence-corrected chi connectivity index (χ3v) is 5.16. The summed E-state index contributed by atoms with van der Waals surface area (Å²) in [7, 11) is 0. The molecule has 0 unspecified atom stereocenters. The highest BCUT2D eigenvalue weighted by molar-refractivity contribution is 5.92. The quantitative estimate of drug-likeness (QED) is 0.290. The van der Waals surface area contributed by atoms with E-state index in [1.165, 1.54) is 0 Å². The molecule has 0 aromatic heterocycles. The minimum Gasteiger partial charge on any atom is -0.444 e. The molecule has 0 heterocycles. The number of carbonyl (C=O) groups is 4. The largest absolute Gasteiger partial charge is 0.444 e. The van der Waals surface area contributed by atoms with E-state index in [9.17, 15) is 19.2 Å². The number of amides is 4. The highest BCUT2D eigenvalue weighted by Crippen LogP contribution is 2.08. The van der Waals surface area contributed by atoms with Crippen molar-refractivity contribution in [2.45, 2.75) is 57.8 Å². The van der Waals surface area contributed by atoms with Gasteiger partial charge >= 0.3 is 6.09 Å². The van der Waals surface area contributed by atoms with E-state index in [1.807, 2.05) is 60.7 Å². The number of hydrogen-bond acceptors (Lipinski definition) is 6. The molecule has 10 heteroatoms. The van der Waals surface area contributed by atoms with E-state index in [0.717, 1.165) is 11.1 Å². The average molecular weight is 512 g/mol. The van der Waals surface area contributed by atoms with Crippen LogP contribution in [-0.2, 0) is 32.1 Å².